The Morgan fingerprint density at radius 1 is 1.38 bits per heavy atom. The van der Waals surface area contributed by atoms with Crippen LogP contribution >= 0.6 is 11.3 Å². The van der Waals surface area contributed by atoms with Crippen LogP contribution in [0.5, 0.6) is 0 Å². The minimum absolute atomic E-state index is 0.101. The van der Waals surface area contributed by atoms with Crippen LogP contribution in [0.2, 0.25) is 0 Å². The lowest BCUT2D eigenvalue weighted by Gasteiger charge is -2.44. The maximum absolute atomic E-state index is 11.6. The minimum atomic E-state index is -5.08. The van der Waals surface area contributed by atoms with Crippen LogP contribution in [0.25, 0.3) is 0 Å². The molecule has 3 heterocycles. The predicted molar refractivity (Wildman–Crippen MR) is 89.8 cm³/mol. The Kier molecular flexibility index (Phi) is 6.62. The number of rotatable bonds is 2. The summed E-state index contributed by atoms with van der Waals surface area (Å²) in [5.74, 6) is -2.51. The zero-order valence-electron chi connectivity index (χ0n) is 14.4. The highest BCUT2D eigenvalue weighted by molar-refractivity contribution is 7.09. The average molecular weight is 393 g/mol. The largest absolute Gasteiger partial charge is 0.490 e. The Balaban J connectivity index is 0.000000298. The summed E-state index contributed by atoms with van der Waals surface area (Å²) < 4.78 is 31.7. The maximum atomic E-state index is 11.6. The van der Waals surface area contributed by atoms with Crippen LogP contribution in [0.3, 0.4) is 0 Å². The third kappa shape index (κ3) is 5.94. The van der Waals surface area contributed by atoms with Crippen molar-refractivity contribution in [3.05, 3.63) is 16.1 Å². The molecule has 2 saturated heterocycles. The van der Waals surface area contributed by atoms with Gasteiger partial charge in [-0.3, -0.25) is 9.69 Å². The monoisotopic (exact) mass is 393 g/mol. The van der Waals surface area contributed by atoms with Crippen molar-refractivity contribution in [2.45, 2.75) is 57.3 Å². The Labute approximate surface area is 153 Å². The summed E-state index contributed by atoms with van der Waals surface area (Å²) in [4.78, 5) is 27.5. The highest BCUT2D eigenvalue weighted by Crippen LogP contribution is 2.31. The van der Waals surface area contributed by atoms with E-state index in [1.165, 1.54) is 5.69 Å². The molecule has 26 heavy (non-hydrogen) atoms. The predicted octanol–water partition coefficient (Wildman–Crippen LogP) is 2.72. The molecule has 2 aliphatic heterocycles. The number of carbonyl (C=O) groups is 2. The summed E-state index contributed by atoms with van der Waals surface area (Å²) in [5, 5.41) is 13.7. The summed E-state index contributed by atoms with van der Waals surface area (Å²) in [7, 11) is 0. The van der Waals surface area contributed by atoms with Crippen molar-refractivity contribution in [2.75, 3.05) is 13.1 Å². The zero-order valence-corrected chi connectivity index (χ0v) is 15.3. The van der Waals surface area contributed by atoms with Crippen molar-refractivity contribution in [3.8, 4) is 0 Å². The van der Waals surface area contributed by atoms with Gasteiger partial charge in [-0.2, -0.15) is 13.2 Å². The van der Waals surface area contributed by atoms with Gasteiger partial charge in [-0.1, -0.05) is 0 Å². The first kappa shape index (κ1) is 20.6. The first-order valence-electron chi connectivity index (χ1n) is 8.34. The number of likely N-dealkylation sites (tertiary alicyclic amines) is 1. The molecule has 3 rings (SSSR count). The van der Waals surface area contributed by atoms with Gasteiger partial charge < -0.3 is 10.4 Å². The van der Waals surface area contributed by atoms with Crippen LogP contribution in [-0.4, -0.2) is 51.7 Å². The number of thiazole rings is 1. The van der Waals surface area contributed by atoms with Gasteiger partial charge in [0.25, 0.3) is 0 Å². The third-order valence-electron chi connectivity index (χ3n) is 4.57. The lowest BCUT2D eigenvalue weighted by molar-refractivity contribution is -0.192. The van der Waals surface area contributed by atoms with E-state index in [4.69, 9.17) is 9.90 Å². The zero-order chi connectivity index (χ0) is 19.4. The number of alkyl halides is 3. The van der Waals surface area contributed by atoms with Crippen molar-refractivity contribution in [3.63, 3.8) is 0 Å². The molecule has 0 atom stereocenters. The topological polar surface area (TPSA) is 82.5 Å². The second-order valence-corrected chi connectivity index (χ2v) is 7.68. The molecule has 0 bridgehead atoms. The Morgan fingerprint density at radius 2 is 2.00 bits per heavy atom. The molecule has 1 aromatic rings. The summed E-state index contributed by atoms with van der Waals surface area (Å²) in [6, 6.07) is 0. The quantitative estimate of drug-likeness (QED) is 0.807. The van der Waals surface area contributed by atoms with E-state index in [-0.39, 0.29) is 11.4 Å². The standard InChI is InChI=1S/C14H21N3OS.C2HF3O2/c1-11-15-12(10-19-11)9-17-7-5-14(6-8-17)4-2-3-13(18)16-14;3-2(4,5)1(6)7/h10H,2-9H2,1H3,(H,16,18);(H,6,7). The molecular weight excluding hydrogens is 371 g/mol. The lowest BCUT2D eigenvalue weighted by Crippen LogP contribution is -2.57. The Hall–Kier alpha value is -1.68. The number of hydrogen-bond donors (Lipinski definition) is 2. The minimum Gasteiger partial charge on any atom is -0.475 e. The molecule has 0 radical (unpaired) electrons. The number of hydrogen-bond acceptors (Lipinski definition) is 5. The number of amides is 1. The molecule has 1 aromatic heterocycles. The van der Waals surface area contributed by atoms with Gasteiger partial charge in [0.2, 0.25) is 5.91 Å². The van der Waals surface area contributed by atoms with Crippen LogP contribution in [0.1, 0.15) is 42.8 Å². The molecular formula is C16H22F3N3O3S. The van der Waals surface area contributed by atoms with Gasteiger partial charge in [0, 0.05) is 37.0 Å². The van der Waals surface area contributed by atoms with E-state index in [1.807, 2.05) is 0 Å². The number of carbonyl (C=O) groups excluding carboxylic acids is 1. The SMILES string of the molecule is Cc1nc(CN2CCC3(CCCC(=O)N3)CC2)cs1.O=C(O)C(F)(F)F. The number of aryl methyl sites for hydroxylation is 1. The fourth-order valence-corrected chi connectivity index (χ4v) is 3.84. The van der Waals surface area contributed by atoms with Gasteiger partial charge in [-0.05, 0) is 32.6 Å². The van der Waals surface area contributed by atoms with E-state index in [9.17, 15) is 18.0 Å². The number of aliphatic carboxylic acids is 1. The van der Waals surface area contributed by atoms with Gasteiger partial charge in [-0.15, -0.1) is 11.3 Å². The molecule has 1 amide bonds. The average Bonchev–Trinajstić information content (AvgIpc) is 2.95. The number of halogens is 3. The summed E-state index contributed by atoms with van der Waals surface area (Å²) in [6.45, 7) is 5.14. The number of carboxylic acids is 1. The van der Waals surface area contributed by atoms with Crippen molar-refractivity contribution < 1.29 is 27.9 Å². The molecule has 2 aliphatic rings. The van der Waals surface area contributed by atoms with E-state index in [0.717, 1.165) is 50.3 Å². The molecule has 6 nitrogen and oxygen atoms in total. The van der Waals surface area contributed by atoms with E-state index in [0.29, 0.717) is 6.42 Å². The second kappa shape index (κ2) is 8.34. The van der Waals surface area contributed by atoms with Crippen LogP contribution in [-0.2, 0) is 16.1 Å². The molecule has 2 fully saturated rings. The molecule has 0 unspecified atom stereocenters. The van der Waals surface area contributed by atoms with E-state index in [2.05, 4.69) is 27.5 Å². The fraction of sp³-hybridized carbons (Fsp3) is 0.688. The fourth-order valence-electron chi connectivity index (χ4n) is 3.23. The molecule has 0 saturated carbocycles. The van der Waals surface area contributed by atoms with Crippen LogP contribution in [0.4, 0.5) is 13.2 Å². The third-order valence-corrected chi connectivity index (χ3v) is 5.39. The molecule has 146 valence electrons. The maximum Gasteiger partial charge on any atom is 0.490 e. The van der Waals surface area contributed by atoms with Gasteiger partial charge >= 0.3 is 12.1 Å². The summed E-state index contributed by atoms with van der Waals surface area (Å²) in [6.07, 6.45) is 0.00673. The van der Waals surface area contributed by atoms with Crippen molar-refractivity contribution in [2.24, 2.45) is 0 Å². The first-order valence-corrected chi connectivity index (χ1v) is 9.22. The van der Waals surface area contributed by atoms with Crippen LogP contribution in [0.15, 0.2) is 5.38 Å². The van der Waals surface area contributed by atoms with Crippen molar-refractivity contribution in [1.29, 1.82) is 0 Å². The highest BCUT2D eigenvalue weighted by Gasteiger charge is 2.38. The Bertz CT molecular complexity index is 640. The molecule has 2 N–H and O–H groups in total. The van der Waals surface area contributed by atoms with Crippen molar-refractivity contribution in [1.82, 2.24) is 15.2 Å². The van der Waals surface area contributed by atoms with Crippen LogP contribution < -0.4 is 5.32 Å². The first-order chi connectivity index (χ1) is 12.1. The molecule has 10 heteroatoms. The van der Waals surface area contributed by atoms with Gasteiger partial charge in [0.15, 0.2) is 0 Å². The number of nitrogens with zero attached hydrogens (tertiary/aromatic N) is 2. The molecule has 1 spiro atoms. The second-order valence-electron chi connectivity index (χ2n) is 6.62. The Morgan fingerprint density at radius 3 is 2.46 bits per heavy atom. The molecule has 0 aliphatic carbocycles. The van der Waals surface area contributed by atoms with Gasteiger partial charge in [0.1, 0.15) is 0 Å². The van der Waals surface area contributed by atoms with Gasteiger partial charge in [-0.25, -0.2) is 9.78 Å². The summed E-state index contributed by atoms with van der Waals surface area (Å²) >= 11 is 1.72. The number of nitrogens with one attached hydrogen (secondary N) is 1. The van der Waals surface area contributed by atoms with E-state index in [1.54, 1.807) is 11.3 Å². The van der Waals surface area contributed by atoms with E-state index >= 15 is 0 Å². The van der Waals surface area contributed by atoms with Crippen molar-refractivity contribution >= 4 is 23.2 Å². The number of carboxylic acid groups (broad SMARTS) is 1. The number of aromatic nitrogens is 1. The van der Waals surface area contributed by atoms with Crippen LogP contribution in [0, 0.1) is 6.92 Å². The molecule has 0 aromatic carbocycles. The lowest BCUT2D eigenvalue weighted by atomic mass is 9.80. The normalized spacial score (nSPS) is 20.2. The van der Waals surface area contributed by atoms with Gasteiger partial charge in [0.05, 0.1) is 10.7 Å². The van der Waals surface area contributed by atoms with E-state index < -0.39 is 12.1 Å². The summed E-state index contributed by atoms with van der Waals surface area (Å²) in [5.41, 5.74) is 1.29. The smallest absolute Gasteiger partial charge is 0.475 e. The highest BCUT2D eigenvalue weighted by atomic mass is 32.1. The number of piperidine rings is 2.